The van der Waals surface area contributed by atoms with Gasteiger partial charge in [-0.1, -0.05) is 28.0 Å². The van der Waals surface area contributed by atoms with Crippen LogP contribution < -0.4 is 14.3 Å². The van der Waals surface area contributed by atoms with Gasteiger partial charge < -0.3 is 18.5 Å². The molecule has 1 aliphatic carbocycles. The maximum atomic E-state index is 14.0. The lowest BCUT2D eigenvalue weighted by molar-refractivity contribution is 0.244. The summed E-state index contributed by atoms with van der Waals surface area (Å²) in [6.45, 7) is 3.75. The third-order valence-electron chi connectivity index (χ3n) is 6.63. The number of ether oxygens (including phenoxy) is 1. The van der Waals surface area contributed by atoms with Crippen LogP contribution >= 0.6 is 0 Å². The molecule has 1 saturated carbocycles. The summed E-state index contributed by atoms with van der Waals surface area (Å²) < 4.78 is 48.1. The Morgan fingerprint density at radius 3 is 2.58 bits per heavy atom. The van der Waals surface area contributed by atoms with Crippen molar-refractivity contribution in [2.45, 2.75) is 38.8 Å². The first-order chi connectivity index (χ1) is 18.1. The van der Waals surface area contributed by atoms with Crippen molar-refractivity contribution in [3.63, 3.8) is 0 Å². The van der Waals surface area contributed by atoms with Gasteiger partial charge in [0.25, 0.3) is 0 Å². The lowest BCUT2D eigenvalue weighted by atomic mass is 10.00. The second-order valence-electron chi connectivity index (χ2n) is 9.72. The number of benzene rings is 3. The molecule has 9 heteroatoms. The number of rotatable bonds is 6. The van der Waals surface area contributed by atoms with Crippen molar-refractivity contribution in [3.8, 4) is 35.0 Å². The molecule has 0 aliphatic heterocycles. The molecule has 5 aromatic rings. The Hall–Kier alpha value is -4.29. The van der Waals surface area contributed by atoms with Crippen LogP contribution in [-0.2, 0) is 10.5 Å². The first-order valence-electron chi connectivity index (χ1n) is 12.2. The maximum absolute atomic E-state index is 14.0. The smallest absolute Gasteiger partial charge is 0.488 e. The average molecular weight is 531 g/mol. The molecule has 0 saturated heterocycles. The Labute approximate surface area is 218 Å². The number of nitrogens with zero attached hydrogens (tertiary/aromatic N) is 1. The van der Waals surface area contributed by atoms with E-state index in [-0.39, 0.29) is 23.3 Å². The molecule has 1 aliphatic rings. The van der Waals surface area contributed by atoms with Gasteiger partial charge in [-0.2, -0.15) is 8.42 Å². The SMILES string of the molecule is C#Cc1ccc2c(c1)[nH]c1c2c(=O)c2cc(OC(C)C)c(-c3cccc(OS(=O)(=O)F)c3)cc2n1C1CC1. The van der Waals surface area contributed by atoms with E-state index in [1.807, 2.05) is 38.1 Å². The van der Waals surface area contributed by atoms with Crippen LogP contribution in [0.25, 0.3) is 44.0 Å². The summed E-state index contributed by atoms with van der Waals surface area (Å²) >= 11 is 0. The highest BCUT2D eigenvalue weighted by Gasteiger charge is 2.29. The molecule has 3 aromatic carbocycles. The van der Waals surface area contributed by atoms with E-state index in [0.717, 1.165) is 29.4 Å². The van der Waals surface area contributed by atoms with Gasteiger partial charge >= 0.3 is 10.5 Å². The van der Waals surface area contributed by atoms with E-state index >= 15 is 0 Å². The highest BCUT2D eigenvalue weighted by Crippen LogP contribution is 2.43. The first-order valence-corrected chi connectivity index (χ1v) is 13.5. The third-order valence-corrected chi connectivity index (χ3v) is 7.02. The molecule has 6 rings (SSSR count). The molecule has 192 valence electrons. The van der Waals surface area contributed by atoms with Gasteiger partial charge in [-0.05, 0) is 68.7 Å². The number of aromatic nitrogens is 2. The Balaban J connectivity index is 1.69. The molecule has 0 atom stereocenters. The molecule has 0 amide bonds. The monoisotopic (exact) mass is 530 g/mol. The fraction of sp³-hybridized carbons (Fsp3) is 0.207. The summed E-state index contributed by atoms with van der Waals surface area (Å²) in [6.07, 6.45) is 7.33. The second-order valence-corrected chi connectivity index (χ2v) is 10.7. The number of H-pyrrole nitrogens is 1. The maximum Gasteiger partial charge on any atom is 0.488 e. The van der Waals surface area contributed by atoms with Crippen molar-refractivity contribution in [2.75, 3.05) is 0 Å². The van der Waals surface area contributed by atoms with Crippen LogP contribution in [0.4, 0.5) is 3.89 Å². The van der Waals surface area contributed by atoms with Gasteiger partial charge in [0.1, 0.15) is 17.1 Å². The lowest BCUT2D eigenvalue weighted by Gasteiger charge is -2.19. The molecule has 0 spiro atoms. The summed E-state index contributed by atoms with van der Waals surface area (Å²) in [6, 6.07) is 15.5. The number of nitrogens with one attached hydrogen (secondary N) is 1. The van der Waals surface area contributed by atoms with E-state index < -0.39 is 10.5 Å². The fourth-order valence-electron chi connectivity index (χ4n) is 5.01. The number of halogens is 1. The molecule has 2 aromatic heterocycles. The van der Waals surface area contributed by atoms with Crippen molar-refractivity contribution in [1.82, 2.24) is 9.55 Å². The van der Waals surface area contributed by atoms with Gasteiger partial charge in [0.15, 0.2) is 5.43 Å². The number of terminal acetylenes is 1. The molecule has 0 radical (unpaired) electrons. The Kier molecular flexibility index (Phi) is 5.47. The van der Waals surface area contributed by atoms with Crippen LogP contribution in [0.15, 0.2) is 59.4 Å². The highest BCUT2D eigenvalue weighted by atomic mass is 32.3. The van der Waals surface area contributed by atoms with E-state index in [4.69, 9.17) is 11.2 Å². The number of pyridine rings is 1. The van der Waals surface area contributed by atoms with Gasteiger partial charge in [-0.3, -0.25) is 4.79 Å². The molecule has 38 heavy (non-hydrogen) atoms. The van der Waals surface area contributed by atoms with Gasteiger partial charge in [-0.25, -0.2) is 0 Å². The van der Waals surface area contributed by atoms with E-state index in [1.165, 1.54) is 12.1 Å². The largest absolute Gasteiger partial charge is 0.490 e. The predicted octanol–water partition coefficient (Wildman–Crippen LogP) is 6.00. The van der Waals surface area contributed by atoms with Crippen molar-refractivity contribution in [2.24, 2.45) is 0 Å². The molecular weight excluding hydrogens is 507 g/mol. The minimum Gasteiger partial charge on any atom is -0.490 e. The van der Waals surface area contributed by atoms with E-state index in [1.54, 1.807) is 18.2 Å². The number of hydrogen-bond donors (Lipinski definition) is 1. The Morgan fingerprint density at radius 1 is 1.11 bits per heavy atom. The van der Waals surface area contributed by atoms with Crippen molar-refractivity contribution in [3.05, 3.63) is 70.4 Å². The molecule has 1 N–H and O–H groups in total. The number of hydrogen-bond acceptors (Lipinski definition) is 5. The molecule has 7 nitrogen and oxygen atoms in total. The molecule has 0 bridgehead atoms. The fourth-order valence-corrected chi connectivity index (χ4v) is 5.34. The zero-order valence-electron chi connectivity index (χ0n) is 20.6. The standard InChI is InChI=1S/C29H23FN2O5S/c1-4-17-8-11-21-24(12-17)31-29-27(21)28(33)23-15-26(36-16(2)3)22(14-25(23)32(29)19-9-10-19)18-6-5-7-20(13-18)37-38(30,34)35/h1,5-8,11-16,19,31H,9-10H2,2-3H3. The molecule has 0 unspecified atom stereocenters. The third kappa shape index (κ3) is 4.17. The molecule has 1 fully saturated rings. The zero-order chi connectivity index (χ0) is 26.8. The van der Waals surface area contributed by atoms with Crippen LogP contribution in [-0.4, -0.2) is 24.1 Å². The van der Waals surface area contributed by atoms with Crippen molar-refractivity contribution in [1.29, 1.82) is 0 Å². The minimum atomic E-state index is -5.19. The Bertz CT molecular complexity index is 1980. The second kappa shape index (κ2) is 8.64. The topological polar surface area (TPSA) is 90.4 Å². The zero-order valence-corrected chi connectivity index (χ0v) is 21.4. The summed E-state index contributed by atoms with van der Waals surface area (Å²) in [7, 11) is -5.19. The predicted molar refractivity (Wildman–Crippen MR) is 146 cm³/mol. The quantitative estimate of drug-likeness (QED) is 0.215. The normalized spacial score (nSPS) is 13.9. The first kappa shape index (κ1) is 24.1. The number of fused-ring (bicyclic) bond motifs is 4. The summed E-state index contributed by atoms with van der Waals surface area (Å²) in [5.74, 6) is 2.91. The molecular formula is C29H23FN2O5S. The number of aromatic amines is 1. The van der Waals surface area contributed by atoms with Crippen LogP contribution in [0.2, 0.25) is 0 Å². The van der Waals surface area contributed by atoms with Gasteiger partial charge in [0, 0.05) is 28.1 Å². The summed E-state index contributed by atoms with van der Waals surface area (Å²) in [4.78, 5) is 17.4. The van der Waals surface area contributed by atoms with Gasteiger partial charge in [0.05, 0.1) is 22.4 Å². The van der Waals surface area contributed by atoms with E-state index in [0.29, 0.717) is 38.7 Å². The van der Waals surface area contributed by atoms with Crippen molar-refractivity contribution >= 4 is 43.3 Å². The van der Waals surface area contributed by atoms with E-state index in [9.17, 15) is 17.1 Å². The van der Waals surface area contributed by atoms with Crippen molar-refractivity contribution < 1.29 is 21.2 Å². The van der Waals surface area contributed by atoms with E-state index in [2.05, 4.69) is 19.7 Å². The summed E-state index contributed by atoms with van der Waals surface area (Å²) in [5.41, 5.74) is 3.97. The van der Waals surface area contributed by atoms with Gasteiger partial charge in [0.2, 0.25) is 0 Å². The molecule has 2 heterocycles. The van der Waals surface area contributed by atoms with Crippen LogP contribution in [0.1, 0.15) is 38.3 Å². The Morgan fingerprint density at radius 2 is 1.89 bits per heavy atom. The highest BCUT2D eigenvalue weighted by molar-refractivity contribution is 7.81. The van der Waals surface area contributed by atoms with Crippen LogP contribution in [0.5, 0.6) is 11.5 Å². The minimum absolute atomic E-state index is 0.132. The lowest BCUT2D eigenvalue weighted by Crippen LogP contribution is -2.12. The summed E-state index contributed by atoms with van der Waals surface area (Å²) in [5, 5.41) is 1.90. The van der Waals surface area contributed by atoms with Crippen LogP contribution in [0, 0.1) is 12.3 Å². The van der Waals surface area contributed by atoms with Crippen LogP contribution in [0.3, 0.4) is 0 Å². The van der Waals surface area contributed by atoms with Gasteiger partial charge in [-0.15, -0.1) is 6.42 Å². The average Bonchev–Trinajstić information content (AvgIpc) is 3.62.